The Morgan fingerprint density at radius 2 is 1.77 bits per heavy atom. The van der Waals surface area contributed by atoms with Crippen LogP contribution in [0.1, 0.15) is 31.2 Å². The van der Waals surface area contributed by atoms with E-state index in [4.69, 9.17) is 4.74 Å². The fourth-order valence-electron chi connectivity index (χ4n) is 2.39. The van der Waals surface area contributed by atoms with Gasteiger partial charge in [0.1, 0.15) is 12.4 Å². The number of carbonyl (C=O) groups is 2. The summed E-state index contributed by atoms with van der Waals surface area (Å²) in [5, 5.41) is 1.80. The summed E-state index contributed by atoms with van der Waals surface area (Å²) in [7, 11) is 0. The molecule has 26 heavy (non-hydrogen) atoms. The number of hydrogen-bond acceptors (Lipinski definition) is 4. The third-order valence-electron chi connectivity index (χ3n) is 3.64. The van der Waals surface area contributed by atoms with Crippen molar-refractivity contribution in [2.45, 2.75) is 13.5 Å². The minimum atomic E-state index is -0.435. The third kappa shape index (κ3) is 4.49. The summed E-state index contributed by atoms with van der Waals surface area (Å²) in [5.41, 5.74) is 7.35. The number of aryl methyl sites for hydroxylation is 1. The first-order valence-corrected chi connectivity index (χ1v) is 8.93. The van der Waals surface area contributed by atoms with E-state index in [1.54, 1.807) is 41.8 Å². The van der Waals surface area contributed by atoms with E-state index >= 15 is 0 Å². The van der Waals surface area contributed by atoms with Crippen molar-refractivity contribution in [3.63, 3.8) is 0 Å². The molecule has 0 atom stereocenters. The second-order valence-corrected chi connectivity index (χ2v) is 6.61. The molecule has 0 fully saturated rings. The van der Waals surface area contributed by atoms with Gasteiger partial charge in [-0.1, -0.05) is 48.0 Å². The van der Waals surface area contributed by atoms with E-state index in [0.29, 0.717) is 22.8 Å². The van der Waals surface area contributed by atoms with Gasteiger partial charge in [0.25, 0.3) is 11.8 Å². The molecule has 2 amide bonds. The van der Waals surface area contributed by atoms with Gasteiger partial charge in [-0.3, -0.25) is 20.4 Å². The number of carbonyl (C=O) groups excluding carboxylic acids is 2. The Kier molecular flexibility index (Phi) is 5.66. The van der Waals surface area contributed by atoms with Crippen LogP contribution in [0.4, 0.5) is 0 Å². The molecule has 6 heteroatoms. The topological polar surface area (TPSA) is 67.4 Å². The van der Waals surface area contributed by atoms with Gasteiger partial charge >= 0.3 is 0 Å². The number of nitrogens with one attached hydrogen (secondary N) is 2. The van der Waals surface area contributed by atoms with Crippen LogP contribution < -0.4 is 15.6 Å². The Morgan fingerprint density at radius 1 is 0.962 bits per heavy atom. The molecule has 2 N–H and O–H groups in total. The van der Waals surface area contributed by atoms with E-state index in [0.717, 1.165) is 11.1 Å². The summed E-state index contributed by atoms with van der Waals surface area (Å²) >= 11 is 1.30. The van der Waals surface area contributed by atoms with Crippen molar-refractivity contribution in [3.8, 4) is 5.75 Å². The van der Waals surface area contributed by atoms with Crippen LogP contribution in [0.15, 0.2) is 66.0 Å². The number of benzene rings is 2. The smallest absolute Gasteiger partial charge is 0.279 e. The Hall–Kier alpha value is -3.12. The van der Waals surface area contributed by atoms with Crippen LogP contribution in [0.2, 0.25) is 0 Å². The Bertz CT molecular complexity index is 907. The highest BCUT2D eigenvalue weighted by Crippen LogP contribution is 2.19. The zero-order valence-electron chi connectivity index (χ0n) is 14.2. The summed E-state index contributed by atoms with van der Waals surface area (Å²) < 4.78 is 5.81. The fraction of sp³-hybridized carbons (Fsp3) is 0.100. The van der Waals surface area contributed by atoms with Crippen molar-refractivity contribution in [3.05, 3.63) is 87.6 Å². The van der Waals surface area contributed by atoms with E-state index in [9.17, 15) is 9.59 Å². The molecule has 1 heterocycles. The van der Waals surface area contributed by atoms with Gasteiger partial charge in [-0.2, -0.15) is 0 Å². The molecule has 0 aliphatic heterocycles. The summed E-state index contributed by atoms with van der Waals surface area (Å²) in [6.45, 7) is 2.37. The van der Waals surface area contributed by atoms with Gasteiger partial charge in [-0.25, -0.2) is 0 Å². The molecule has 2 aromatic carbocycles. The van der Waals surface area contributed by atoms with Crippen molar-refractivity contribution >= 4 is 23.2 Å². The summed E-state index contributed by atoms with van der Waals surface area (Å²) in [4.78, 5) is 24.8. The van der Waals surface area contributed by atoms with Crippen molar-refractivity contribution in [2.75, 3.05) is 0 Å². The first-order chi connectivity index (χ1) is 12.6. The first-order valence-electron chi connectivity index (χ1n) is 8.05. The average Bonchev–Trinajstić information content (AvgIpc) is 3.19. The van der Waals surface area contributed by atoms with Crippen LogP contribution in [0.25, 0.3) is 0 Å². The van der Waals surface area contributed by atoms with Crippen molar-refractivity contribution < 1.29 is 14.3 Å². The lowest BCUT2D eigenvalue weighted by atomic mass is 10.1. The number of rotatable bonds is 5. The standard InChI is InChI=1S/C20H18N2O3S/c1-14-6-4-7-15(12-14)13-25-17-9-3-2-8-16(17)19(23)21-22-20(24)18-10-5-11-26-18/h2-12H,13H2,1H3,(H,21,23)(H,22,24). The molecule has 0 aliphatic carbocycles. The molecule has 0 aliphatic rings. The van der Waals surface area contributed by atoms with Crippen LogP contribution >= 0.6 is 11.3 Å². The molecule has 3 rings (SSSR count). The largest absolute Gasteiger partial charge is 0.488 e. The van der Waals surface area contributed by atoms with Gasteiger partial charge in [0.05, 0.1) is 10.4 Å². The van der Waals surface area contributed by atoms with E-state index < -0.39 is 5.91 Å². The molecule has 0 saturated heterocycles. The van der Waals surface area contributed by atoms with Gasteiger partial charge < -0.3 is 4.74 Å². The number of hydrazine groups is 1. The predicted molar refractivity (Wildman–Crippen MR) is 101 cm³/mol. The minimum absolute atomic E-state index is 0.353. The van der Waals surface area contributed by atoms with E-state index in [-0.39, 0.29) is 5.91 Å². The number of thiophene rings is 1. The number of ether oxygens (including phenoxy) is 1. The maximum Gasteiger partial charge on any atom is 0.279 e. The molecular weight excluding hydrogens is 348 g/mol. The number of para-hydroxylation sites is 1. The average molecular weight is 366 g/mol. The van der Waals surface area contributed by atoms with Gasteiger partial charge in [0.2, 0.25) is 0 Å². The Morgan fingerprint density at radius 3 is 2.54 bits per heavy atom. The lowest BCUT2D eigenvalue weighted by Gasteiger charge is -2.12. The molecule has 0 radical (unpaired) electrons. The normalized spacial score (nSPS) is 10.2. The highest BCUT2D eigenvalue weighted by atomic mass is 32.1. The maximum absolute atomic E-state index is 12.4. The SMILES string of the molecule is Cc1cccc(COc2ccccc2C(=O)NNC(=O)c2cccs2)c1. The van der Waals surface area contributed by atoms with Crippen LogP contribution in [-0.4, -0.2) is 11.8 Å². The van der Waals surface area contributed by atoms with Gasteiger partial charge in [0.15, 0.2) is 0 Å². The minimum Gasteiger partial charge on any atom is -0.488 e. The molecule has 0 bridgehead atoms. The van der Waals surface area contributed by atoms with Gasteiger partial charge in [-0.15, -0.1) is 11.3 Å². The summed E-state index contributed by atoms with van der Waals surface area (Å²) in [6.07, 6.45) is 0. The number of hydrogen-bond donors (Lipinski definition) is 2. The highest BCUT2D eigenvalue weighted by molar-refractivity contribution is 7.12. The van der Waals surface area contributed by atoms with Crippen molar-refractivity contribution in [1.82, 2.24) is 10.9 Å². The maximum atomic E-state index is 12.4. The number of amides is 2. The van der Waals surface area contributed by atoms with Crippen LogP contribution in [0.3, 0.4) is 0 Å². The molecule has 0 saturated carbocycles. The van der Waals surface area contributed by atoms with Crippen LogP contribution in [0, 0.1) is 6.92 Å². The molecule has 1 aromatic heterocycles. The Balaban J connectivity index is 1.64. The molecule has 5 nitrogen and oxygen atoms in total. The molecule has 0 spiro atoms. The fourth-order valence-corrected chi connectivity index (χ4v) is 3.01. The zero-order valence-corrected chi connectivity index (χ0v) is 15.0. The predicted octanol–water partition coefficient (Wildman–Crippen LogP) is 3.71. The lowest BCUT2D eigenvalue weighted by Crippen LogP contribution is -2.41. The van der Waals surface area contributed by atoms with Gasteiger partial charge in [-0.05, 0) is 36.1 Å². The van der Waals surface area contributed by atoms with Gasteiger partial charge in [0, 0.05) is 0 Å². The first kappa shape index (κ1) is 17.7. The van der Waals surface area contributed by atoms with Crippen molar-refractivity contribution in [2.24, 2.45) is 0 Å². The molecular formula is C20H18N2O3S. The zero-order chi connectivity index (χ0) is 18.4. The Labute approximate surface area is 155 Å². The molecule has 132 valence electrons. The van der Waals surface area contributed by atoms with Crippen LogP contribution in [-0.2, 0) is 6.61 Å². The van der Waals surface area contributed by atoms with Crippen LogP contribution in [0.5, 0.6) is 5.75 Å². The lowest BCUT2D eigenvalue weighted by molar-refractivity contribution is 0.0846. The summed E-state index contributed by atoms with van der Waals surface area (Å²) in [6, 6.07) is 18.4. The van der Waals surface area contributed by atoms with E-state index in [1.165, 1.54) is 11.3 Å². The monoisotopic (exact) mass is 366 g/mol. The second-order valence-electron chi connectivity index (χ2n) is 5.66. The molecule has 3 aromatic rings. The highest BCUT2D eigenvalue weighted by Gasteiger charge is 2.14. The second kappa shape index (κ2) is 8.31. The quantitative estimate of drug-likeness (QED) is 0.677. The summed E-state index contributed by atoms with van der Waals surface area (Å²) in [5.74, 6) is -0.335. The van der Waals surface area contributed by atoms with E-state index in [1.807, 2.05) is 31.2 Å². The van der Waals surface area contributed by atoms with E-state index in [2.05, 4.69) is 10.9 Å². The molecule has 0 unspecified atom stereocenters. The third-order valence-corrected chi connectivity index (χ3v) is 4.51. The van der Waals surface area contributed by atoms with Crippen molar-refractivity contribution in [1.29, 1.82) is 0 Å².